The van der Waals surface area contributed by atoms with Crippen LogP contribution >= 0.6 is 0 Å². The molecule has 26 heavy (non-hydrogen) atoms. The minimum atomic E-state index is 0.404. The Kier molecular flexibility index (Phi) is 15.5. The maximum Gasteiger partial charge on any atom is 0.102 e. The van der Waals surface area contributed by atoms with E-state index in [1.807, 2.05) is 6.20 Å². The van der Waals surface area contributed by atoms with Crippen molar-refractivity contribution in [2.24, 2.45) is 5.73 Å². The average molecular weight is 364 g/mol. The molecule has 3 N–H and O–H groups in total. The van der Waals surface area contributed by atoms with Crippen LogP contribution in [0.2, 0.25) is 0 Å². The molecule has 1 rings (SSSR count). The molecule has 1 aliphatic rings. The maximum absolute atomic E-state index is 5.64. The van der Waals surface area contributed by atoms with Crippen LogP contribution in [-0.2, 0) is 0 Å². The van der Waals surface area contributed by atoms with E-state index in [1.54, 1.807) is 0 Å². The molecule has 1 heterocycles. The molecule has 0 radical (unpaired) electrons. The predicted molar refractivity (Wildman–Crippen MR) is 116 cm³/mol. The summed E-state index contributed by atoms with van der Waals surface area (Å²) in [5.74, 6) is 0. The van der Waals surface area contributed by atoms with Gasteiger partial charge in [0.25, 0.3) is 0 Å². The van der Waals surface area contributed by atoms with Gasteiger partial charge in [-0.25, -0.2) is 0 Å². The third-order valence-corrected chi connectivity index (χ3v) is 5.34. The smallest absolute Gasteiger partial charge is 0.102 e. The fraction of sp³-hybridized carbons (Fsp3) is 0.826. The molecule has 0 bridgehead atoms. The van der Waals surface area contributed by atoms with Gasteiger partial charge in [-0.3, -0.25) is 0 Å². The van der Waals surface area contributed by atoms with E-state index < -0.39 is 0 Å². The average Bonchev–Trinajstić information content (AvgIpc) is 3.09. The second-order valence-corrected chi connectivity index (χ2v) is 7.76. The first kappa shape index (κ1) is 23.1. The summed E-state index contributed by atoms with van der Waals surface area (Å²) in [4.78, 5) is 2.29. The van der Waals surface area contributed by atoms with Crippen LogP contribution < -0.4 is 11.1 Å². The summed E-state index contributed by atoms with van der Waals surface area (Å²) >= 11 is 0. The van der Waals surface area contributed by atoms with E-state index in [0.717, 1.165) is 13.0 Å². The number of allylic oxidation sites excluding steroid dienone is 1. The minimum Gasteiger partial charge on any atom is -0.370 e. The summed E-state index contributed by atoms with van der Waals surface area (Å²) < 4.78 is 0. The van der Waals surface area contributed by atoms with Crippen molar-refractivity contribution in [1.82, 2.24) is 10.2 Å². The highest BCUT2D eigenvalue weighted by Crippen LogP contribution is 2.13. The number of nitrogens with zero attached hydrogens (tertiary/aromatic N) is 1. The van der Waals surface area contributed by atoms with Gasteiger partial charge in [-0.05, 0) is 12.8 Å². The summed E-state index contributed by atoms with van der Waals surface area (Å²) in [5.41, 5.74) is 5.64. The van der Waals surface area contributed by atoms with Crippen LogP contribution in [0.15, 0.2) is 24.6 Å². The van der Waals surface area contributed by atoms with Crippen molar-refractivity contribution in [3.05, 3.63) is 24.6 Å². The first-order valence-corrected chi connectivity index (χ1v) is 11.4. The van der Waals surface area contributed by atoms with Crippen LogP contribution in [0.4, 0.5) is 0 Å². The Hall–Kier alpha value is -0.960. The van der Waals surface area contributed by atoms with Gasteiger partial charge in [-0.2, -0.15) is 0 Å². The lowest BCUT2D eigenvalue weighted by Gasteiger charge is -2.23. The Balaban J connectivity index is 1.79. The lowest BCUT2D eigenvalue weighted by atomic mass is 10.0. The first-order valence-electron chi connectivity index (χ1n) is 11.4. The molecule has 0 aromatic heterocycles. The van der Waals surface area contributed by atoms with Crippen molar-refractivity contribution < 1.29 is 0 Å². The zero-order valence-corrected chi connectivity index (χ0v) is 17.4. The normalized spacial score (nSPS) is 16.7. The minimum absolute atomic E-state index is 0.404. The van der Waals surface area contributed by atoms with E-state index >= 15 is 0 Å². The summed E-state index contributed by atoms with van der Waals surface area (Å²) in [6.45, 7) is 3.94. The van der Waals surface area contributed by atoms with Crippen LogP contribution in [0.1, 0.15) is 103 Å². The van der Waals surface area contributed by atoms with E-state index in [1.165, 1.54) is 89.9 Å². The summed E-state index contributed by atoms with van der Waals surface area (Å²) in [7, 11) is 0. The molecule has 3 heteroatoms. The molecule has 0 saturated heterocycles. The highest BCUT2D eigenvalue weighted by Gasteiger charge is 2.15. The monoisotopic (exact) mass is 363 g/mol. The van der Waals surface area contributed by atoms with Crippen LogP contribution in [0, 0.1) is 0 Å². The van der Waals surface area contributed by atoms with Crippen molar-refractivity contribution >= 4 is 0 Å². The maximum atomic E-state index is 5.64. The van der Waals surface area contributed by atoms with E-state index in [4.69, 9.17) is 5.73 Å². The van der Waals surface area contributed by atoms with E-state index in [9.17, 15) is 0 Å². The standard InChI is InChI=1S/C23H45N3/c1-2-3-4-5-6-7-8-9-10-11-12-13-14-15-16-17-18-23-25-20-22-26(23)21-19-24/h16-17,20,22-23,25H,2-15,18-19,21,24H2,1H3/b17-16+. The Labute approximate surface area is 163 Å². The largest absolute Gasteiger partial charge is 0.370 e. The molecule has 0 fully saturated rings. The second-order valence-electron chi connectivity index (χ2n) is 7.76. The van der Waals surface area contributed by atoms with Crippen LogP contribution in [0.3, 0.4) is 0 Å². The number of hydrogen-bond acceptors (Lipinski definition) is 3. The van der Waals surface area contributed by atoms with Gasteiger partial charge in [-0.15, -0.1) is 0 Å². The fourth-order valence-corrected chi connectivity index (χ4v) is 3.66. The predicted octanol–water partition coefficient (Wildman–Crippen LogP) is 6.08. The van der Waals surface area contributed by atoms with Gasteiger partial charge < -0.3 is 16.0 Å². The Morgan fingerprint density at radius 3 is 2.00 bits per heavy atom. The van der Waals surface area contributed by atoms with Crippen molar-refractivity contribution in [1.29, 1.82) is 0 Å². The van der Waals surface area contributed by atoms with Crippen LogP contribution in [-0.4, -0.2) is 24.2 Å². The first-order chi connectivity index (χ1) is 12.9. The van der Waals surface area contributed by atoms with Crippen molar-refractivity contribution in [3.63, 3.8) is 0 Å². The van der Waals surface area contributed by atoms with E-state index in [-0.39, 0.29) is 0 Å². The lowest BCUT2D eigenvalue weighted by Crippen LogP contribution is -2.37. The Morgan fingerprint density at radius 1 is 0.846 bits per heavy atom. The van der Waals surface area contributed by atoms with Gasteiger partial charge in [-0.1, -0.05) is 96.1 Å². The van der Waals surface area contributed by atoms with Gasteiger partial charge in [0, 0.05) is 31.9 Å². The Morgan fingerprint density at radius 2 is 1.42 bits per heavy atom. The molecule has 152 valence electrons. The van der Waals surface area contributed by atoms with Crippen LogP contribution in [0.25, 0.3) is 0 Å². The quantitative estimate of drug-likeness (QED) is 0.229. The molecule has 0 saturated carbocycles. The molecule has 3 nitrogen and oxygen atoms in total. The number of unbranched alkanes of at least 4 members (excludes halogenated alkanes) is 13. The highest BCUT2D eigenvalue weighted by atomic mass is 15.3. The van der Waals surface area contributed by atoms with Gasteiger partial charge in [0.2, 0.25) is 0 Å². The summed E-state index contributed by atoms with van der Waals surface area (Å²) in [6.07, 6.45) is 30.1. The third kappa shape index (κ3) is 12.4. The van der Waals surface area contributed by atoms with Gasteiger partial charge in [0.1, 0.15) is 6.17 Å². The fourth-order valence-electron chi connectivity index (χ4n) is 3.66. The van der Waals surface area contributed by atoms with Gasteiger partial charge in [0.05, 0.1) is 0 Å². The van der Waals surface area contributed by atoms with E-state index in [0.29, 0.717) is 12.7 Å². The highest BCUT2D eigenvalue weighted by molar-refractivity contribution is 4.98. The summed E-state index contributed by atoms with van der Waals surface area (Å²) in [5, 5.41) is 3.38. The van der Waals surface area contributed by atoms with Crippen molar-refractivity contribution in [3.8, 4) is 0 Å². The SMILES string of the molecule is CCCCCCCCCCCCCCC/C=C/CC1NC=CN1CCN. The molecule has 0 aliphatic carbocycles. The zero-order valence-electron chi connectivity index (χ0n) is 17.4. The second kappa shape index (κ2) is 17.5. The molecule has 0 aromatic carbocycles. The zero-order chi connectivity index (χ0) is 18.7. The van der Waals surface area contributed by atoms with Crippen LogP contribution in [0.5, 0.6) is 0 Å². The Bertz CT molecular complexity index is 351. The molecule has 1 aliphatic heterocycles. The molecule has 0 aromatic rings. The molecule has 1 unspecified atom stereocenters. The molecule has 0 spiro atoms. The number of nitrogens with two attached hydrogens (primary N) is 1. The van der Waals surface area contributed by atoms with Crippen molar-refractivity contribution in [2.75, 3.05) is 13.1 Å². The lowest BCUT2D eigenvalue weighted by molar-refractivity contribution is 0.287. The number of hydrogen-bond donors (Lipinski definition) is 2. The molecular weight excluding hydrogens is 318 g/mol. The topological polar surface area (TPSA) is 41.3 Å². The van der Waals surface area contributed by atoms with Gasteiger partial charge >= 0.3 is 0 Å². The van der Waals surface area contributed by atoms with E-state index in [2.05, 4.69) is 35.5 Å². The number of nitrogens with one attached hydrogen (secondary N) is 1. The third-order valence-electron chi connectivity index (χ3n) is 5.34. The van der Waals surface area contributed by atoms with Gasteiger partial charge in [0.15, 0.2) is 0 Å². The summed E-state index contributed by atoms with van der Waals surface area (Å²) in [6, 6.07) is 0. The van der Waals surface area contributed by atoms with Crippen molar-refractivity contribution in [2.45, 2.75) is 109 Å². The number of rotatable bonds is 18. The molecule has 1 atom stereocenters. The molecular formula is C23H45N3. The molecule has 0 amide bonds.